The van der Waals surface area contributed by atoms with Crippen molar-refractivity contribution in [3.8, 4) is 11.4 Å². The first-order chi connectivity index (χ1) is 7.84. The molecule has 2 heterocycles. The van der Waals surface area contributed by atoms with Gasteiger partial charge in [-0.1, -0.05) is 42.5 Å². The van der Waals surface area contributed by atoms with Gasteiger partial charge in [0.25, 0.3) is 0 Å². The molecule has 0 saturated carbocycles. The van der Waals surface area contributed by atoms with Gasteiger partial charge >= 0.3 is 0 Å². The molecule has 1 N–H and O–H groups in total. The Balaban J connectivity index is 2.33. The average molecular weight is 228 g/mol. The van der Waals surface area contributed by atoms with Crippen LogP contribution in [-0.2, 0) is 0 Å². The van der Waals surface area contributed by atoms with Gasteiger partial charge in [0.05, 0.1) is 0 Å². The maximum Gasteiger partial charge on any atom is 0.183 e. The second-order valence-electron chi connectivity index (χ2n) is 3.39. The summed E-state index contributed by atoms with van der Waals surface area (Å²) in [6.45, 7) is 0. The van der Waals surface area contributed by atoms with E-state index >= 15 is 0 Å². The van der Waals surface area contributed by atoms with Crippen molar-refractivity contribution in [2.24, 2.45) is 0 Å². The Kier molecular flexibility index (Phi) is 2.04. The Morgan fingerprint density at radius 2 is 1.81 bits per heavy atom. The third kappa shape index (κ3) is 1.42. The van der Waals surface area contributed by atoms with Crippen LogP contribution in [0.3, 0.4) is 0 Å². The Morgan fingerprint density at radius 3 is 2.62 bits per heavy atom. The lowest BCUT2D eigenvalue weighted by molar-refractivity contribution is 0.925. The molecule has 3 rings (SSSR count). The predicted molar refractivity (Wildman–Crippen MR) is 63.6 cm³/mol. The number of benzene rings is 1. The topological polar surface area (TPSA) is 46.0 Å². The van der Waals surface area contributed by atoms with Crippen molar-refractivity contribution in [1.82, 2.24) is 19.8 Å². The molecule has 0 spiro atoms. The summed E-state index contributed by atoms with van der Waals surface area (Å²) in [7, 11) is 0. The van der Waals surface area contributed by atoms with Gasteiger partial charge in [0.1, 0.15) is 4.64 Å². The number of nitrogens with zero attached hydrogens (tertiary/aromatic N) is 3. The number of aromatic amines is 1. The van der Waals surface area contributed by atoms with Crippen molar-refractivity contribution in [3.05, 3.63) is 47.1 Å². The molecule has 78 valence electrons. The van der Waals surface area contributed by atoms with Crippen LogP contribution in [0.5, 0.6) is 0 Å². The Labute approximate surface area is 96.6 Å². The monoisotopic (exact) mass is 228 g/mol. The Hall–Kier alpha value is -2.01. The highest BCUT2D eigenvalue weighted by atomic mass is 32.1. The predicted octanol–water partition coefficient (Wildman–Crippen LogP) is 2.45. The zero-order chi connectivity index (χ0) is 11.0. The van der Waals surface area contributed by atoms with E-state index in [9.17, 15) is 0 Å². The smallest absolute Gasteiger partial charge is 0.183 e. The van der Waals surface area contributed by atoms with Crippen LogP contribution in [0.15, 0.2) is 42.5 Å². The number of fused-ring (bicyclic) bond motifs is 1. The van der Waals surface area contributed by atoms with Crippen molar-refractivity contribution in [3.63, 3.8) is 0 Å². The summed E-state index contributed by atoms with van der Waals surface area (Å²) in [6.07, 6.45) is 0. The minimum atomic E-state index is 0.657. The number of rotatable bonds is 1. The van der Waals surface area contributed by atoms with Gasteiger partial charge in [-0.15, -0.1) is 10.2 Å². The third-order valence-corrected chi connectivity index (χ3v) is 2.55. The summed E-state index contributed by atoms with van der Waals surface area (Å²) in [4.78, 5) is 0. The van der Waals surface area contributed by atoms with Gasteiger partial charge in [-0.3, -0.25) is 5.10 Å². The van der Waals surface area contributed by atoms with E-state index in [0.29, 0.717) is 4.64 Å². The van der Waals surface area contributed by atoms with Gasteiger partial charge in [-0.2, -0.15) is 0 Å². The lowest BCUT2D eigenvalue weighted by Crippen LogP contribution is -1.94. The first kappa shape index (κ1) is 9.23. The van der Waals surface area contributed by atoms with Crippen molar-refractivity contribution >= 4 is 17.9 Å². The van der Waals surface area contributed by atoms with Crippen LogP contribution in [0.4, 0.5) is 0 Å². The molecule has 16 heavy (non-hydrogen) atoms. The van der Waals surface area contributed by atoms with Gasteiger partial charge < -0.3 is 0 Å². The molecule has 3 aromatic rings. The van der Waals surface area contributed by atoms with E-state index in [4.69, 9.17) is 12.2 Å². The molecule has 1 aromatic carbocycles. The molecule has 5 heteroatoms. The minimum Gasteiger partial charge on any atom is -0.280 e. The molecule has 0 aliphatic rings. The van der Waals surface area contributed by atoms with Crippen LogP contribution in [0, 0.1) is 4.64 Å². The van der Waals surface area contributed by atoms with E-state index in [1.807, 2.05) is 36.4 Å². The molecule has 0 fully saturated rings. The number of hydrogen-bond acceptors (Lipinski definition) is 3. The third-order valence-electron chi connectivity index (χ3n) is 2.33. The normalized spacial score (nSPS) is 10.8. The molecule has 0 amide bonds. The van der Waals surface area contributed by atoms with Crippen LogP contribution in [0.2, 0.25) is 0 Å². The Bertz CT molecular complexity index is 684. The molecule has 2 aromatic heterocycles. The summed E-state index contributed by atoms with van der Waals surface area (Å²) in [5.41, 5.74) is 1.76. The van der Waals surface area contributed by atoms with Crippen LogP contribution in [-0.4, -0.2) is 19.8 Å². The summed E-state index contributed by atoms with van der Waals surface area (Å²) in [5.74, 6) is 0.766. The molecule has 0 aliphatic heterocycles. The van der Waals surface area contributed by atoms with Crippen molar-refractivity contribution in [1.29, 1.82) is 0 Å². The fraction of sp³-hybridized carbons (Fsp3) is 0. The molecular weight excluding hydrogens is 220 g/mol. The Morgan fingerprint density at radius 1 is 1.00 bits per heavy atom. The van der Waals surface area contributed by atoms with Crippen LogP contribution < -0.4 is 0 Å². The second-order valence-corrected chi connectivity index (χ2v) is 3.83. The van der Waals surface area contributed by atoms with Gasteiger partial charge in [0, 0.05) is 5.56 Å². The fourth-order valence-electron chi connectivity index (χ4n) is 1.59. The van der Waals surface area contributed by atoms with E-state index in [1.54, 1.807) is 10.6 Å². The quantitative estimate of drug-likeness (QED) is 0.651. The standard InChI is InChI=1S/C11H8N4S/c16-10-7-6-9-12-13-11(15(9)14-10)8-4-2-1-3-5-8/h1-7H,(H,14,16). The largest absolute Gasteiger partial charge is 0.280 e. The van der Waals surface area contributed by atoms with Gasteiger partial charge in [0.2, 0.25) is 0 Å². The molecule has 0 saturated heterocycles. The van der Waals surface area contributed by atoms with E-state index < -0.39 is 0 Å². The average Bonchev–Trinajstić information content (AvgIpc) is 2.73. The van der Waals surface area contributed by atoms with Crippen LogP contribution in [0.1, 0.15) is 0 Å². The number of hydrogen-bond donors (Lipinski definition) is 1. The number of H-pyrrole nitrogens is 1. The molecule has 0 radical (unpaired) electrons. The molecule has 0 atom stereocenters. The van der Waals surface area contributed by atoms with Gasteiger partial charge in [-0.05, 0) is 12.1 Å². The lowest BCUT2D eigenvalue weighted by Gasteiger charge is -1.98. The number of aromatic nitrogens is 4. The molecule has 0 aliphatic carbocycles. The van der Waals surface area contributed by atoms with Gasteiger partial charge in [-0.25, -0.2) is 4.52 Å². The summed E-state index contributed by atoms with van der Waals surface area (Å²) >= 11 is 5.08. The van der Waals surface area contributed by atoms with Crippen LogP contribution >= 0.6 is 12.2 Å². The maximum atomic E-state index is 5.08. The van der Waals surface area contributed by atoms with E-state index in [0.717, 1.165) is 17.0 Å². The van der Waals surface area contributed by atoms with E-state index in [2.05, 4.69) is 15.3 Å². The van der Waals surface area contributed by atoms with E-state index in [-0.39, 0.29) is 0 Å². The molecular formula is C11H8N4S. The molecule has 0 bridgehead atoms. The zero-order valence-electron chi connectivity index (χ0n) is 8.29. The van der Waals surface area contributed by atoms with E-state index in [1.165, 1.54) is 0 Å². The second kappa shape index (κ2) is 3.53. The summed E-state index contributed by atoms with van der Waals surface area (Å²) in [5, 5.41) is 11.3. The fourth-order valence-corrected chi connectivity index (χ4v) is 1.75. The van der Waals surface area contributed by atoms with Crippen LogP contribution in [0.25, 0.3) is 17.0 Å². The highest BCUT2D eigenvalue weighted by molar-refractivity contribution is 7.71. The first-order valence-corrected chi connectivity index (χ1v) is 5.25. The molecule has 0 unspecified atom stereocenters. The van der Waals surface area contributed by atoms with Crippen molar-refractivity contribution in [2.75, 3.05) is 0 Å². The van der Waals surface area contributed by atoms with Crippen molar-refractivity contribution < 1.29 is 0 Å². The SMILES string of the molecule is S=c1ccc2nnc(-c3ccccc3)n2[nH]1. The first-order valence-electron chi connectivity index (χ1n) is 4.84. The number of nitrogens with one attached hydrogen (secondary N) is 1. The molecule has 4 nitrogen and oxygen atoms in total. The zero-order valence-corrected chi connectivity index (χ0v) is 9.11. The van der Waals surface area contributed by atoms with Gasteiger partial charge in [0.15, 0.2) is 11.5 Å². The lowest BCUT2D eigenvalue weighted by atomic mass is 10.2. The summed E-state index contributed by atoms with van der Waals surface area (Å²) in [6, 6.07) is 13.5. The summed E-state index contributed by atoms with van der Waals surface area (Å²) < 4.78 is 2.45. The van der Waals surface area contributed by atoms with Crippen molar-refractivity contribution in [2.45, 2.75) is 0 Å². The maximum absolute atomic E-state index is 5.08. The highest BCUT2D eigenvalue weighted by Gasteiger charge is 2.06. The highest BCUT2D eigenvalue weighted by Crippen LogP contribution is 2.16. The minimum absolute atomic E-state index is 0.657.